The first-order valence-electron chi connectivity index (χ1n) is 8.04. The minimum atomic E-state index is -0.757. The number of hydrogen-bond acceptors (Lipinski definition) is 6. The Balaban J connectivity index is 1.60. The van der Waals surface area contributed by atoms with Gasteiger partial charge in [0.2, 0.25) is 5.91 Å². The summed E-state index contributed by atoms with van der Waals surface area (Å²) in [5.41, 5.74) is 1.65. The zero-order chi connectivity index (χ0) is 19.6. The molecule has 2 rings (SSSR count). The molecule has 0 fully saturated rings. The fraction of sp³-hybridized carbons (Fsp3) is 0.222. The van der Waals surface area contributed by atoms with Gasteiger partial charge in [0.1, 0.15) is 6.54 Å². The van der Waals surface area contributed by atoms with Gasteiger partial charge in [-0.2, -0.15) is 0 Å². The van der Waals surface area contributed by atoms with Gasteiger partial charge < -0.3 is 20.7 Å². The predicted molar refractivity (Wildman–Crippen MR) is 100 cm³/mol. The van der Waals surface area contributed by atoms with E-state index in [4.69, 9.17) is 4.74 Å². The largest absolute Gasteiger partial charge is 0.454 e. The zero-order valence-corrected chi connectivity index (χ0v) is 15.4. The lowest BCUT2D eigenvalue weighted by atomic mass is 10.2. The van der Waals surface area contributed by atoms with Crippen LogP contribution >= 0.6 is 11.3 Å². The molecule has 0 saturated heterocycles. The molecule has 0 aliphatic rings. The molecule has 8 nitrogen and oxygen atoms in total. The van der Waals surface area contributed by atoms with Gasteiger partial charge in [0.05, 0.1) is 11.4 Å². The molecule has 142 valence electrons. The summed E-state index contributed by atoms with van der Waals surface area (Å²) in [5, 5.41) is 9.07. The summed E-state index contributed by atoms with van der Waals surface area (Å²) < 4.78 is 4.78. The van der Waals surface area contributed by atoms with Crippen molar-refractivity contribution in [3.8, 4) is 0 Å². The molecule has 0 unspecified atom stereocenters. The Kier molecular flexibility index (Phi) is 7.50. The molecule has 3 N–H and O–H groups in total. The Bertz CT molecular complexity index is 803. The number of amides is 3. The second kappa shape index (κ2) is 10.1. The lowest BCUT2D eigenvalue weighted by Gasteiger charge is -2.08. The summed E-state index contributed by atoms with van der Waals surface area (Å²) in [7, 11) is 0. The third kappa shape index (κ3) is 7.28. The number of carbonyl (C=O) groups is 4. The number of thiophene rings is 1. The van der Waals surface area contributed by atoms with Gasteiger partial charge in [-0.1, -0.05) is 23.8 Å². The summed E-state index contributed by atoms with van der Waals surface area (Å²) in [4.78, 5) is 47.1. The fourth-order valence-corrected chi connectivity index (χ4v) is 2.56. The van der Waals surface area contributed by atoms with Crippen LogP contribution in [0.5, 0.6) is 0 Å². The van der Waals surface area contributed by atoms with E-state index in [1.165, 1.54) is 11.3 Å². The standard InChI is InChI=1S/C18H19N3O5S/c1-12-4-6-13(7-5-12)21-16(23)11-26-17(24)10-19-15(22)9-20-18(25)14-3-2-8-27-14/h2-8H,9-11H2,1H3,(H,19,22)(H,20,25)(H,21,23). The maximum absolute atomic E-state index is 11.7. The highest BCUT2D eigenvalue weighted by atomic mass is 32.1. The molecule has 0 bridgehead atoms. The molecule has 9 heteroatoms. The monoisotopic (exact) mass is 389 g/mol. The van der Waals surface area contributed by atoms with E-state index < -0.39 is 30.9 Å². The highest BCUT2D eigenvalue weighted by Crippen LogP contribution is 2.08. The zero-order valence-electron chi connectivity index (χ0n) is 14.6. The molecular weight excluding hydrogens is 370 g/mol. The smallest absolute Gasteiger partial charge is 0.325 e. The van der Waals surface area contributed by atoms with Crippen LogP contribution in [0.25, 0.3) is 0 Å². The Morgan fingerprint density at radius 1 is 0.963 bits per heavy atom. The van der Waals surface area contributed by atoms with Gasteiger partial charge in [-0.25, -0.2) is 0 Å². The van der Waals surface area contributed by atoms with Crippen molar-refractivity contribution < 1.29 is 23.9 Å². The van der Waals surface area contributed by atoms with Crippen LogP contribution in [0.15, 0.2) is 41.8 Å². The van der Waals surface area contributed by atoms with E-state index in [1.807, 2.05) is 19.1 Å². The van der Waals surface area contributed by atoms with Crippen molar-refractivity contribution in [2.75, 3.05) is 25.0 Å². The van der Waals surface area contributed by atoms with Crippen molar-refractivity contribution in [1.29, 1.82) is 0 Å². The minimum absolute atomic E-state index is 0.266. The number of nitrogens with one attached hydrogen (secondary N) is 3. The van der Waals surface area contributed by atoms with Crippen LogP contribution in [-0.4, -0.2) is 43.4 Å². The van der Waals surface area contributed by atoms with E-state index >= 15 is 0 Å². The SMILES string of the molecule is Cc1ccc(NC(=O)COC(=O)CNC(=O)CNC(=O)c2cccs2)cc1. The van der Waals surface area contributed by atoms with Gasteiger partial charge in [0.15, 0.2) is 6.61 Å². The Morgan fingerprint density at radius 3 is 2.37 bits per heavy atom. The molecule has 0 atom stereocenters. The summed E-state index contributed by atoms with van der Waals surface area (Å²) in [6, 6.07) is 10.5. The Hall–Kier alpha value is -3.20. The fourth-order valence-electron chi connectivity index (χ4n) is 1.92. The van der Waals surface area contributed by atoms with Crippen molar-refractivity contribution in [3.63, 3.8) is 0 Å². The average molecular weight is 389 g/mol. The van der Waals surface area contributed by atoms with Crippen LogP contribution in [0, 0.1) is 6.92 Å². The first-order chi connectivity index (χ1) is 12.9. The van der Waals surface area contributed by atoms with Gasteiger partial charge in [0, 0.05) is 5.69 Å². The molecule has 1 aromatic heterocycles. The third-order valence-electron chi connectivity index (χ3n) is 3.28. The Labute approximate surface area is 159 Å². The number of esters is 1. The van der Waals surface area contributed by atoms with Crippen LogP contribution in [0.1, 0.15) is 15.2 Å². The molecule has 0 aliphatic heterocycles. The van der Waals surface area contributed by atoms with Gasteiger partial charge in [-0.3, -0.25) is 19.2 Å². The predicted octanol–water partition coefficient (Wildman–Crippen LogP) is 1.08. The van der Waals surface area contributed by atoms with Crippen molar-refractivity contribution in [2.45, 2.75) is 6.92 Å². The first kappa shape index (κ1) is 20.1. The van der Waals surface area contributed by atoms with E-state index in [1.54, 1.807) is 29.6 Å². The van der Waals surface area contributed by atoms with Crippen molar-refractivity contribution in [2.24, 2.45) is 0 Å². The van der Waals surface area contributed by atoms with Crippen molar-refractivity contribution in [3.05, 3.63) is 52.2 Å². The van der Waals surface area contributed by atoms with Crippen LogP contribution in [-0.2, 0) is 19.1 Å². The molecule has 0 aliphatic carbocycles. The average Bonchev–Trinajstić information content (AvgIpc) is 3.19. The number of carbonyl (C=O) groups excluding carboxylic acids is 4. The number of anilines is 1. The normalized spacial score (nSPS) is 9.96. The van der Waals surface area contributed by atoms with Crippen LogP contribution < -0.4 is 16.0 Å². The summed E-state index contributed by atoms with van der Waals surface area (Å²) in [6.07, 6.45) is 0. The van der Waals surface area contributed by atoms with Gasteiger partial charge in [-0.15, -0.1) is 11.3 Å². The lowest BCUT2D eigenvalue weighted by molar-refractivity contribution is -0.147. The van der Waals surface area contributed by atoms with Crippen LogP contribution in [0.4, 0.5) is 5.69 Å². The first-order valence-corrected chi connectivity index (χ1v) is 8.92. The molecule has 0 saturated carbocycles. The number of benzene rings is 1. The molecule has 0 spiro atoms. The van der Waals surface area contributed by atoms with Gasteiger partial charge in [-0.05, 0) is 30.5 Å². The summed E-state index contributed by atoms with van der Waals surface area (Å²) in [5.74, 6) is -2.15. The molecule has 3 amide bonds. The van der Waals surface area contributed by atoms with Crippen molar-refractivity contribution >= 4 is 40.7 Å². The quantitative estimate of drug-likeness (QED) is 0.585. The van der Waals surface area contributed by atoms with Crippen LogP contribution in [0.3, 0.4) is 0 Å². The maximum atomic E-state index is 11.7. The van der Waals surface area contributed by atoms with E-state index in [0.29, 0.717) is 10.6 Å². The number of rotatable bonds is 8. The topological polar surface area (TPSA) is 114 Å². The number of hydrogen-bond donors (Lipinski definition) is 3. The van der Waals surface area contributed by atoms with E-state index in [-0.39, 0.29) is 12.5 Å². The lowest BCUT2D eigenvalue weighted by Crippen LogP contribution is -2.39. The van der Waals surface area contributed by atoms with E-state index in [2.05, 4.69) is 16.0 Å². The highest BCUT2D eigenvalue weighted by molar-refractivity contribution is 7.12. The molecule has 0 radical (unpaired) electrons. The summed E-state index contributed by atoms with van der Waals surface area (Å²) in [6.45, 7) is 0.802. The highest BCUT2D eigenvalue weighted by Gasteiger charge is 2.11. The van der Waals surface area contributed by atoms with E-state index in [0.717, 1.165) is 5.56 Å². The van der Waals surface area contributed by atoms with Crippen LogP contribution in [0.2, 0.25) is 0 Å². The van der Waals surface area contributed by atoms with E-state index in [9.17, 15) is 19.2 Å². The molecule has 27 heavy (non-hydrogen) atoms. The van der Waals surface area contributed by atoms with Gasteiger partial charge >= 0.3 is 5.97 Å². The van der Waals surface area contributed by atoms with Gasteiger partial charge in [0.25, 0.3) is 11.8 Å². The summed E-state index contributed by atoms with van der Waals surface area (Å²) >= 11 is 1.26. The molecular formula is C18H19N3O5S. The molecule has 1 aromatic carbocycles. The second-order valence-corrected chi connectivity index (χ2v) is 6.46. The number of ether oxygens (including phenoxy) is 1. The third-order valence-corrected chi connectivity index (χ3v) is 4.15. The van der Waals surface area contributed by atoms with Crippen molar-refractivity contribution in [1.82, 2.24) is 10.6 Å². The minimum Gasteiger partial charge on any atom is -0.454 e. The molecule has 1 heterocycles. The maximum Gasteiger partial charge on any atom is 0.325 e. The number of aryl methyl sites for hydroxylation is 1. The second-order valence-electron chi connectivity index (χ2n) is 5.51. The Morgan fingerprint density at radius 2 is 1.70 bits per heavy atom. The molecule has 2 aromatic rings.